The molecule has 0 aliphatic carbocycles. The van der Waals surface area contributed by atoms with Gasteiger partial charge < -0.3 is 9.84 Å². The van der Waals surface area contributed by atoms with Crippen LogP contribution in [0.25, 0.3) is 0 Å². The largest absolute Gasteiger partial charge is 0.495 e. The minimum Gasteiger partial charge on any atom is -0.495 e. The summed E-state index contributed by atoms with van der Waals surface area (Å²) < 4.78 is 18.0. The summed E-state index contributed by atoms with van der Waals surface area (Å²) in [5, 5.41) is 8.89. The first-order chi connectivity index (χ1) is 6.97. The Labute approximate surface area is 91.4 Å². The van der Waals surface area contributed by atoms with Crippen LogP contribution in [0.2, 0.25) is 5.02 Å². The number of carboxylic acid groups (broad SMARTS) is 1. The van der Waals surface area contributed by atoms with Crippen molar-refractivity contribution in [3.8, 4) is 5.75 Å². The highest BCUT2D eigenvalue weighted by molar-refractivity contribution is 6.32. The highest BCUT2D eigenvalue weighted by Crippen LogP contribution is 2.34. The van der Waals surface area contributed by atoms with E-state index in [1.165, 1.54) is 14.0 Å². The van der Waals surface area contributed by atoms with Crippen LogP contribution >= 0.6 is 11.6 Å². The molecule has 0 heterocycles. The maximum Gasteiger partial charge on any atom is 0.310 e. The van der Waals surface area contributed by atoms with Gasteiger partial charge in [-0.05, 0) is 19.1 Å². The highest BCUT2D eigenvalue weighted by Gasteiger charge is 2.21. The molecule has 1 N–H and O–H groups in total. The molecule has 0 saturated carbocycles. The predicted molar refractivity (Wildman–Crippen MR) is 54.0 cm³/mol. The molecule has 1 aromatic carbocycles. The minimum atomic E-state index is -1.06. The normalized spacial score (nSPS) is 12.3. The van der Waals surface area contributed by atoms with Gasteiger partial charge in [-0.15, -0.1) is 0 Å². The van der Waals surface area contributed by atoms with Crippen molar-refractivity contribution in [1.82, 2.24) is 0 Å². The topological polar surface area (TPSA) is 46.5 Å². The van der Waals surface area contributed by atoms with Gasteiger partial charge in [0, 0.05) is 5.56 Å². The van der Waals surface area contributed by atoms with E-state index in [1.54, 1.807) is 0 Å². The maximum absolute atomic E-state index is 13.0. The van der Waals surface area contributed by atoms with Crippen LogP contribution in [0.5, 0.6) is 5.75 Å². The lowest BCUT2D eigenvalue weighted by atomic mass is 10.0. The van der Waals surface area contributed by atoms with Crippen LogP contribution in [0.15, 0.2) is 12.1 Å². The Morgan fingerprint density at radius 2 is 2.20 bits per heavy atom. The highest BCUT2D eigenvalue weighted by atomic mass is 35.5. The van der Waals surface area contributed by atoms with Crippen LogP contribution in [0.3, 0.4) is 0 Å². The molecule has 1 aromatic rings. The fourth-order valence-corrected chi connectivity index (χ4v) is 1.54. The van der Waals surface area contributed by atoms with E-state index in [1.807, 2.05) is 0 Å². The van der Waals surface area contributed by atoms with Crippen molar-refractivity contribution in [2.75, 3.05) is 7.11 Å². The van der Waals surface area contributed by atoms with Gasteiger partial charge in [0.25, 0.3) is 0 Å². The number of aliphatic carboxylic acids is 1. The third kappa shape index (κ3) is 2.39. The number of ether oxygens (including phenoxy) is 1. The lowest BCUT2D eigenvalue weighted by Gasteiger charge is -2.13. The lowest BCUT2D eigenvalue weighted by molar-refractivity contribution is -0.138. The van der Waals surface area contributed by atoms with Crippen LogP contribution in [0, 0.1) is 5.82 Å². The molecule has 0 aliphatic rings. The number of rotatable bonds is 3. The number of halogens is 2. The third-order valence-electron chi connectivity index (χ3n) is 2.08. The Bertz CT molecular complexity index is 392. The molecule has 0 amide bonds. The Hall–Kier alpha value is -1.29. The molecule has 0 aromatic heterocycles. The summed E-state index contributed by atoms with van der Waals surface area (Å²) in [4.78, 5) is 10.8. The molecule has 5 heteroatoms. The van der Waals surface area contributed by atoms with Crippen molar-refractivity contribution >= 4 is 17.6 Å². The second-order valence-corrected chi connectivity index (χ2v) is 3.48. The van der Waals surface area contributed by atoms with E-state index in [-0.39, 0.29) is 16.3 Å². The standard InChI is InChI=1S/C10H10ClFO3/c1-5(10(13)14)7-3-6(12)4-8(11)9(7)15-2/h3-5H,1-2H3,(H,13,14). The number of hydrogen-bond donors (Lipinski definition) is 1. The molecule has 15 heavy (non-hydrogen) atoms. The van der Waals surface area contributed by atoms with E-state index in [0.717, 1.165) is 12.1 Å². The van der Waals surface area contributed by atoms with Gasteiger partial charge in [-0.3, -0.25) is 4.79 Å². The number of carboxylic acids is 1. The summed E-state index contributed by atoms with van der Waals surface area (Å²) in [5.74, 6) is -2.31. The van der Waals surface area contributed by atoms with Gasteiger partial charge in [-0.2, -0.15) is 0 Å². The van der Waals surface area contributed by atoms with E-state index in [9.17, 15) is 9.18 Å². The zero-order valence-electron chi connectivity index (χ0n) is 8.25. The fourth-order valence-electron chi connectivity index (χ4n) is 1.25. The SMILES string of the molecule is COc1c(Cl)cc(F)cc1C(C)C(=O)O. The average Bonchev–Trinajstić information content (AvgIpc) is 2.15. The van der Waals surface area contributed by atoms with E-state index >= 15 is 0 Å². The quantitative estimate of drug-likeness (QED) is 0.872. The zero-order valence-corrected chi connectivity index (χ0v) is 9.01. The molecule has 1 unspecified atom stereocenters. The minimum absolute atomic E-state index is 0.0700. The first-order valence-electron chi connectivity index (χ1n) is 4.23. The molecule has 0 fully saturated rings. The summed E-state index contributed by atoms with van der Waals surface area (Å²) >= 11 is 5.73. The van der Waals surface area contributed by atoms with Crippen molar-refractivity contribution in [2.45, 2.75) is 12.8 Å². The van der Waals surface area contributed by atoms with E-state index < -0.39 is 17.7 Å². The molecular weight excluding hydrogens is 223 g/mol. The Balaban J connectivity index is 3.32. The predicted octanol–water partition coefficient (Wildman–Crippen LogP) is 2.68. The molecule has 1 atom stereocenters. The molecular formula is C10H10ClFO3. The van der Waals surface area contributed by atoms with E-state index in [2.05, 4.69) is 0 Å². The van der Waals surface area contributed by atoms with Crippen LogP contribution in [0.1, 0.15) is 18.4 Å². The smallest absolute Gasteiger partial charge is 0.310 e. The molecule has 3 nitrogen and oxygen atoms in total. The number of methoxy groups -OCH3 is 1. The van der Waals surface area contributed by atoms with Gasteiger partial charge in [0.05, 0.1) is 18.1 Å². The molecule has 0 bridgehead atoms. The van der Waals surface area contributed by atoms with Crippen molar-refractivity contribution in [3.63, 3.8) is 0 Å². The monoisotopic (exact) mass is 232 g/mol. The third-order valence-corrected chi connectivity index (χ3v) is 2.36. The van der Waals surface area contributed by atoms with Crippen LogP contribution in [-0.2, 0) is 4.79 Å². The average molecular weight is 233 g/mol. The van der Waals surface area contributed by atoms with Gasteiger partial charge in [0.15, 0.2) is 0 Å². The van der Waals surface area contributed by atoms with Crippen LogP contribution < -0.4 is 4.74 Å². The molecule has 0 radical (unpaired) electrons. The first-order valence-corrected chi connectivity index (χ1v) is 4.61. The van der Waals surface area contributed by atoms with Gasteiger partial charge in [0.2, 0.25) is 0 Å². The van der Waals surface area contributed by atoms with Crippen molar-refractivity contribution < 1.29 is 19.0 Å². The second kappa shape index (κ2) is 4.49. The van der Waals surface area contributed by atoms with E-state index in [4.69, 9.17) is 21.4 Å². The van der Waals surface area contributed by atoms with Crippen LogP contribution in [-0.4, -0.2) is 18.2 Å². The zero-order chi connectivity index (χ0) is 11.6. The number of benzene rings is 1. The molecule has 0 spiro atoms. The number of carbonyl (C=O) groups is 1. The fraction of sp³-hybridized carbons (Fsp3) is 0.300. The van der Waals surface area contributed by atoms with E-state index in [0.29, 0.717) is 0 Å². The van der Waals surface area contributed by atoms with Crippen molar-refractivity contribution in [2.24, 2.45) is 0 Å². The summed E-state index contributed by atoms with van der Waals surface area (Å²) in [6.45, 7) is 1.44. The summed E-state index contributed by atoms with van der Waals surface area (Å²) in [5.41, 5.74) is 0.231. The van der Waals surface area contributed by atoms with Crippen molar-refractivity contribution in [3.05, 3.63) is 28.5 Å². The lowest BCUT2D eigenvalue weighted by Crippen LogP contribution is -2.09. The maximum atomic E-state index is 13.0. The molecule has 82 valence electrons. The van der Waals surface area contributed by atoms with Crippen LogP contribution in [0.4, 0.5) is 4.39 Å². The van der Waals surface area contributed by atoms with Gasteiger partial charge in [-0.1, -0.05) is 11.6 Å². The van der Waals surface area contributed by atoms with Crippen molar-refractivity contribution in [1.29, 1.82) is 0 Å². The molecule has 1 rings (SSSR count). The van der Waals surface area contributed by atoms with Gasteiger partial charge >= 0.3 is 5.97 Å². The summed E-state index contributed by atoms with van der Waals surface area (Å²) in [6.07, 6.45) is 0. The van der Waals surface area contributed by atoms with Gasteiger partial charge in [0.1, 0.15) is 11.6 Å². The van der Waals surface area contributed by atoms with Gasteiger partial charge in [-0.25, -0.2) is 4.39 Å². The summed E-state index contributed by atoms with van der Waals surface area (Å²) in [7, 11) is 1.36. The summed E-state index contributed by atoms with van der Waals surface area (Å²) in [6, 6.07) is 2.20. The Morgan fingerprint density at radius 3 is 2.67 bits per heavy atom. The Kier molecular flexibility index (Phi) is 3.52. The molecule has 0 aliphatic heterocycles. The molecule has 0 saturated heterocycles. The Morgan fingerprint density at radius 1 is 1.60 bits per heavy atom. The second-order valence-electron chi connectivity index (χ2n) is 3.07. The first kappa shape index (κ1) is 11.8. The number of hydrogen-bond acceptors (Lipinski definition) is 2.